The fourth-order valence-corrected chi connectivity index (χ4v) is 14.3. The second-order valence-corrected chi connectivity index (χ2v) is 24.6. The van der Waals surface area contributed by atoms with E-state index in [2.05, 4.69) is 373 Å². The summed E-state index contributed by atoms with van der Waals surface area (Å²) in [5, 5.41) is 2.39. The highest BCUT2D eigenvalue weighted by molar-refractivity contribution is 6.12. The van der Waals surface area contributed by atoms with Gasteiger partial charge < -0.3 is 24.2 Å². The maximum Gasteiger partial charge on any atom is 0.0541 e. The number of anilines is 12. The molecule has 0 radical (unpaired) electrons. The minimum Gasteiger partial charge on any atom is -0.310 e. The first kappa shape index (κ1) is 53.3. The average molecular weight is 1140 g/mol. The number of hydrogen-bond acceptors (Lipinski definition) is 4. The summed E-state index contributed by atoms with van der Waals surface area (Å²) < 4.78 is 2.43. The topological polar surface area (TPSA) is 17.9 Å². The molecule has 0 spiro atoms. The van der Waals surface area contributed by atoms with E-state index < -0.39 is 0 Å². The molecule has 0 saturated heterocycles. The maximum atomic E-state index is 2.49. The Bertz CT molecular complexity index is 4600. The predicted octanol–water partition coefficient (Wildman–Crippen LogP) is 23.3. The number of rotatable bonds is 11. The lowest BCUT2D eigenvalue weighted by atomic mass is 9.73. The second kappa shape index (κ2) is 21.4. The molecule has 2 aliphatic heterocycles. The average Bonchev–Trinajstić information content (AvgIpc) is 1.63. The van der Waals surface area contributed by atoms with Gasteiger partial charge in [0.2, 0.25) is 0 Å². The van der Waals surface area contributed by atoms with E-state index in [1.165, 1.54) is 55.8 Å². The highest BCUT2D eigenvalue weighted by Crippen LogP contribution is 2.56. The third-order valence-corrected chi connectivity index (χ3v) is 18.7. The van der Waals surface area contributed by atoms with Gasteiger partial charge in [0.25, 0.3) is 0 Å². The molecule has 89 heavy (non-hydrogen) atoms. The van der Waals surface area contributed by atoms with Crippen molar-refractivity contribution in [3.8, 4) is 27.9 Å². The summed E-state index contributed by atoms with van der Waals surface area (Å²) in [5.74, 6) is 0. The van der Waals surface area contributed by atoms with Crippen molar-refractivity contribution < 1.29 is 0 Å². The molecule has 0 aliphatic carbocycles. The fraction of sp³-hybridized carbons (Fsp3) is 0.0714. The predicted molar refractivity (Wildman–Crippen MR) is 375 cm³/mol. The smallest absolute Gasteiger partial charge is 0.0541 e. The number of benzene rings is 13. The molecule has 1 aromatic heterocycles. The van der Waals surface area contributed by atoms with Crippen LogP contribution in [0.3, 0.4) is 0 Å². The van der Waals surface area contributed by atoms with Crippen molar-refractivity contribution in [1.29, 1.82) is 0 Å². The lowest BCUT2D eigenvalue weighted by Gasteiger charge is -2.42. The molecule has 0 fully saturated rings. The van der Waals surface area contributed by atoms with Crippen molar-refractivity contribution in [3.63, 3.8) is 0 Å². The molecule has 16 rings (SSSR count). The van der Waals surface area contributed by atoms with Gasteiger partial charge in [-0.3, -0.25) is 0 Å². The van der Waals surface area contributed by atoms with Crippen molar-refractivity contribution in [2.24, 2.45) is 0 Å². The van der Waals surface area contributed by atoms with E-state index in [1.807, 2.05) is 0 Å². The van der Waals surface area contributed by atoms with Gasteiger partial charge >= 0.3 is 0 Å². The van der Waals surface area contributed by atoms with E-state index in [9.17, 15) is 0 Å². The van der Waals surface area contributed by atoms with E-state index in [0.29, 0.717) is 0 Å². The summed E-state index contributed by atoms with van der Waals surface area (Å²) in [4.78, 5) is 9.70. The zero-order chi connectivity index (χ0) is 59.8. The monoisotopic (exact) mass is 1140 g/mol. The Balaban J connectivity index is 0.821. The Morgan fingerprint density at radius 2 is 0.562 bits per heavy atom. The van der Waals surface area contributed by atoms with Gasteiger partial charge in [-0.25, -0.2) is 0 Å². The standard InChI is InChI=1S/C84H65N5/c1-83(2)73-40-20-22-42-79(73)88(81-56-69(46-48-75(81)83)85(62-28-10-5-11-29-62)63-30-12-6-13-31-63)67-38-24-26-58(52-67)60-44-50-77-71(54-60)72-55-61(45-51-78(72)87(77)66-36-18-9-19-37-66)59-27-25-39-68(53-59)89-80-43-23-21-41-74(80)84(3,4)76-49-47-70(57-82(76)89)86(64-32-14-7-15-33-64)65-34-16-8-17-35-65/h5-57H,1-4H3. The Kier molecular flexibility index (Phi) is 12.8. The first-order valence-electron chi connectivity index (χ1n) is 30.9. The number of hydrogen-bond donors (Lipinski definition) is 0. The molecule has 5 heteroatoms. The van der Waals surface area contributed by atoms with Crippen LogP contribution in [0, 0.1) is 0 Å². The highest BCUT2D eigenvalue weighted by atomic mass is 15.2. The van der Waals surface area contributed by atoms with Crippen LogP contribution in [0.4, 0.5) is 68.2 Å². The molecular formula is C84H65N5. The van der Waals surface area contributed by atoms with Crippen LogP contribution in [-0.4, -0.2) is 4.57 Å². The molecule has 0 N–H and O–H groups in total. The van der Waals surface area contributed by atoms with E-state index in [-0.39, 0.29) is 10.8 Å². The maximum absolute atomic E-state index is 2.49. The highest BCUT2D eigenvalue weighted by Gasteiger charge is 2.39. The van der Waals surface area contributed by atoms with Gasteiger partial charge in [0, 0.05) is 72.8 Å². The van der Waals surface area contributed by atoms with Crippen LogP contribution in [0.2, 0.25) is 0 Å². The Morgan fingerprint density at radius 3 is 0.955 bits per heavy atom. The Morgan fingerprint density at radius 1 is 0.236 bits per heavy atom. The van der Waals surface area contributed by atoms with E-state index in [1.54, 1.807) is 0 Å². The van der Waals surface area contributed by atoms with Crippen LogP contribution in [-0.2, 0) is 10.8 Å². The van der Waals surface area contributed by atoms with Gasteiger partial charge in [0.1, 0.15) is 0 Å². The first-order valence-corrected chi connectivity index (χ1v) is 30.9. The molecule has 3 heterocycles. The van der Waals surface area contributed by atoms with Crippen LogP contribution >= 0.6 is 0 Å². The summed E-state index contributed by atoms with van der Waals surface area (Å²) in [6.07, 6.45) is 0. The molecule has 5 nitrogen and oxygen atoms in total. The zero-order valence-corrected chi connectivity index (χ0v) is 50.3. The number of para-hydroxylation sites is 7. The zero-order valence-electron chi connectivity index (χ0n) is 50.3. The molecule has 2 aliphatic rings. The van der Waals surface area contributed by atoms with Crippen molar-refractivity contribution in [3.05, 3.63) is 344 Å². The van der Waals surface area contributed by atoms with Gasteiger partial charge in [-0.05, 0) is 190 Å². The van der Waals surface area contributed by atoms with E-state index >= 15 is 0 Å². The number of nitrogens with zero attached hydrogens (tertiary/aromatic N) is 5. The van der Waals surface area contributed by atoms with Crippen LogP contribution < -0.4 is 19.6 Å². The molecule has 13 aromatic carbocycles. The molecule has 0 unspecified atom stereocenters. The third kappa shape index (κ3) is 8.99. The quantitative estimate of drug-likeness (QED) is 0.128. The summed E-state index contributed by atoms with van der Waals surface area (Å²) >= 11 is 0. The molecule has 0 saturated carbocycles. The lowest BCUT2D eigenvalue weighted by Crippen LogP contribution is -2.30. The Hall–Kier alpha value is -11.1. The van der Waals surface area contributed by atoms with Crippen molar-refractivity contribution in [1.82, 2.24) is 4.57 Å². The number of aromatic nitrogens is 1. The van der Waals surface area contributed by atoms with Crippen molar-refractivity contribution >= 4 is 90.1 Å². The van der Waals surface area contributed by atoms with Crippen molar-refractivity contribution in [2.45, 2.75) is 38.5 Å². The lowest BCUT2D eigenvalue weighted by molar-refractivity contribution is 0.632. The first-order chi connectivity index (χ1) is 43.7. The normalized spacial score (nSPS) is 13.5. The van der Waals surface area contributed by atoms with Gasteiger partial charge in [-0.1, -0.05) is 204 Å². The summed E-state index contributed by atoms with van der Waals surface area (Å²) in [6, 6.07) is 118. The SMILES string of the molecule is CC1(C)c2ccccc2N(c2cccc(-c3ccc4c(c3)c3cc(-c5cccc(N6c7ccccc7C(C)(C)c7ccc(N(c8ccccc8)c8ccccc8)cc76)c5)ccc3n4-c3ccccc3)c2)c2cc(N(c3ccccc3)c3ccccc3)ccc21. The summed E-state index contributed by atoms with van der Waals surface area (Å²) in [5.41, 5.74) is 26.2. The van der Waals surface area contributed by atoms with Gasteiger partial charge in [0.15, 0.2) is 0 Å². The minimum atomic E-state index is -0.249. The van der Waals surface area contributed by atoms with Gasteiger partial charge in [0.05, 0.1) is 33.8 Å². The van der Waals surface area contributed by atoms with E-state index in [0.717, 1.165) is 84.5 Å². The van der Waals surface area contributed by atoms with Crippen molar-refractivity contribution in [2.75, 3.05) is 19.6 Å². The molecule has 0 atom stereocenters. The Labute approximate surface area is 521 Å². The molecule has 426 valence electrons. The second-order valence-electron chi connectivity index (χ2n) is 24.6. The van der Waals surface area contributed by atoms with E-state index in [4.69, 9.17) is 0 Å². The fourth-order valence-electron chi connectivity index (χ4n) is 14.3. The summed E-state index contributed by atoms with van der Waals surface area (Å²) in [7, 11) is 0. The minimum absolute atomic E-state index is 0.249. The van der Waals surface area contributed by atoms with Crippen LogP contribution in [0.5, 0.6) is 0 Å². The van der Waals surface area contributed by atoms with Crippen LogP contribution in [0.15, 0.2) is 322 Å². The third-order valence-electron chi connectivity index (χ3n) is 18.7. The van der Waals surface area contributed by atoms with Gasteiger partial charge in [-0.2, -0.15) is 0 Å². The number of fused-ring (bicyclic) bond motifs is 7. The van der Waals surface area contributed by atoms with Gasteiger partial charge in [-0.15, -0.1) is 0 Å². The molecule has 0 amide bonds. The largest absolute Gasteiger partial charge is 0.310 e. The molecule has 0 bridgehead atoms. The summed E-state index contributed by atoms with van der Waals surface area (Å²) in [6.45, 7) is 9.46. The van der Waals surface area contributed by atoms with Crippen LogP contribution in [0.1, 0.15) is 49.9 Å². The van der Waals surface area contributed by atoms with Crippen LogP contribution in [0.25, 0.3) is 49.7 Å². The molecule has 14 aromatic rings. The molecular weight excluding hydrogens is 1080 g/mol.